The van der Waals surface area contributed by atoms with Gasteiger partial charge in [0, 0.05) is 12.5 Å². The number of anilines is 1. The lowest BCUT2D eigenvalue weighted by molar-refractivity contribution is -0.116. The molecule has 0 aromatic heterocycles. The summed E-state index contributed by atoms with van der Waals surface area (Å²) < 4.78 is 17.6. The van der Waals surface area contributed by atoms with Crippen LogP contribution in [0.25, 0.3) is 0 Å². The Labute approximate surface area is 150 Å². The van der Waals surface area contributed by atoms with Gasteiger partial charge >= 0.3 is 6.09 Å². The fourth-order valence-electron chi connectivity index (χ4n) is 2.28. The standard InChI is InChI=1S/C19H19FN2O4/c1-13(15-8-10-17(20)11-9-15)21-26-12-16-6-4-5-7-18(16)22(14(2)23)19(24)25-3/h4-11H,12H2,1-3H3/b21-13+. The molecule has 0 heterocycles. The Hall–Kier alpha value is -3.22. The topological polar surface area (TPSA) is 68.2 Å². The molecule has 2 aromatic rings. The van der Waals surface area contributed by atoms with Gasteiger partial charge in [-0.25, -0.2) is 14.1 Å². The van der Waals surface area contributed by atoms with Crippen LogP contribution in [0.2, 0.25) is 0 Å². The number of benzene rings is 2. The minimum atomic E-state index is -0.782. The monoisotopic (exact) mass is 358 g/mol. The molecule has 0 unspecified atom stereocenters. The van der Waals surface area contributed by atoms with Crippen molar-refractivity contribution in [2.45, 2.75) is 20.5 Å². The van der Waals surface area contributed by atoms with Gasteiger partial charge in [-0.3, -0.25) is 4.79 Å². The molecule has 0 aliphatic heterocycles. The van der Waals surface area contributed by atoms with Gasteiger partial charge in [-0.05, 0) is 30.7 Å². The lowest BCUT2D eigenvalue weighted by atomic mass is 10.1. The molecule has 2 rings (SSSR count). The highest BCUT2D eigenvalue weighted by Crippen LogP contribution is 2.22. The molecule has 0 aliphatic carbocycles. The van der Waals surface area contributed by atoms with E-state index in [2.05, 4.69) is 9.89 Å². The van der Waals surface area contributed by atoms with E-state index in [1.54, 1.807) is 43.3 Å². The smallest absolute Gasteiger partial charge is 0.420 e. The van der Waals surface area contributed by atoms with E-state index >= 15 is 0 Å². The number of imide groups is 1. The summed E-state index contributed by atoms with van der Waals surface area (Å²) in [5.74, 6) is -0.807. The quantitative estimate of drug-likeness (QED) is 0.601. The maximum atomic E-state index is 13.0. The third-order valence-corrected chi connectivity index (χ3v) is 3.59. The average Bonchev–Trinajstić information content (AvgIpc) is 2.63. The number of rotatable bonds is 5. The summed E-state index contributed by atoms with van der Waals surface area (Å²) in [6.07, 6.45) is -0.782. The van der Waals surface area contributed by atoms with E-state index < -0.39 is 12.0 Å². The molecular formula is C19H19FN2O4. The van der Waals surface area contributed by atoms with E-state index in [0.717, 1.165) is 10.5 Å². The van der Waals surface area contributed by atoms with Crippen molar-refractivity contribution < 1.29 is 23.6 Å². The number of hydrogen-bond donors (Lipinski definition) is 0. The van der Waals surface area contributed by atoms with Crippen LogP contribution in [0.4, 0.5) is 14.9 Å². The van der Waals surface area contributed by atoms with Crippen molar-refractivity contribution in [3.63, 3.8) is 0 Å². The molecule has 0 aliphatic rings. The van der Waals surface area contributed by atoms with E-state index in [-0.39, 0.29) is 12.4 Å². The summed E-state index contributed by atoms with van der Waals surface area (Å²) >= 11 is 0. The van der Waals surface area contributed by atoms with Gasteiger partial charge in [0.15, 0.2) is 0 Å². The highest BCUT2D eigenvalue weighted by molar-refractivity contribution is 6.11. The van der Waals surface area contributed by atoms with Crippen molar-refractivity contribution in [1.82, 2.24) is 0 Å². The van der Waals surface area contributed by atoms with E-state index in [1.165, 1.54) is 26.2 Å². The number of hydrogen-bond acceptors (Lipinski definition) is 5. The largest absolute Gasteiger partial charge is 0.452 e. The van der Waals surface area contributed by atoms with Crippen molar-refractivity contribution in [3.05, 3.63) is 65.5 Å². The number of nitrogens with zero attached hydrogens (tertiary/aromatic N) is 2. The average molecular weight is 358 g/mol. The highest BCUT2D eigenvalue weighted by atomic mass is 19.1. The lowest BCUT2D eigenvalue weighted by Gasteiger charge is -2.20. The van der Waals surface area contributed by atoms with Gasteiger partial charge < -0.3 is 9.57 Å². The number of para-hydroxylation sites is 1. The molecule has 0 atom stereocenters. The second kappa shape index (κ2) is 8.75. The molecule has 0 saturated carbocycles. The number of carbonyl (C=O) groups excluding carboxylic acids is 2. The maximum absolute atomic E-state index is 13.0. The van der Waals surface area contributed by atoms with Crippen LogP contribution in [0.15, 0.2) is 53.7 Å². The molecule has 0 saturated heterocycles. The van der Waals surface area contributed by atoms with Crippen LogP contribution in [0, 0.1) is 5.82 Å². The Bertz CT molecular complexity index is 819. The Morgan fingerprint density at radius 3 is 2.35 bits per heavy atom. The fraction of sp³-hybridized carbons (Fsp3) is 0.211. The number of halogens is 1. The highest BCUT2D eigenvalue weighted by Gasteiger charge is 2.23. The molecular weight excluding hydrogens is 339 g/mol. The lowest BCUT2D eigenvalue weighted by Crippen LogP contribution is -2.35. The first-order valence-corrected chi connectivity index (χ1v) is 7.83. The summed E-state index contributed by atoms with van der Waals surface area (Å²) in [4.78, 5) is 30.0. The van der Waals surface area contributed by atoms with Crippen molar-refractivity contribution in [1.29, 1.82) is 0 Å². The number of oxime groups is 1. The van der Waals surface area contributed by atoms with E-state index in [9.17, 15) is 14.0 Å². The maximum Gasteiger partial charge on any atom is 0.420 e. The number of carbonyl (C=O) groups is 2. The third-order valence-electron chi connectivity index (χ3n) is 3.59. The summed E-state index contributed by atoms with van der Waals surface area (Å²) in [5.41, 5.74) is 2.24. The second-order valence-electron chi connectivity index (χ2n) is 5.41. The van der Waals surface area contributed by atoms with Crippen LogP contribution in [-0.2, 0) is 21.0 Å². The van der Waals surface area contributed by atoms with Gasteiger partial charge in [0.25, 0.3) is 0 Å². The molecule has 0 fully saturated rings. The van der Waals surface area contributed by atoms with Crippen molar-refractivity contribution in [3.8, 4) is 0 Å². The Morgan fingerprint density at radius 1 is 1.08 bits per heavy atom. The molecule has 2 amide bonds. The molecule has 6 nitrogen and oxygen atoms in total. The van der Waals surface area contributed by atoms with E-state index in [0.29, 0.717) is 17.0 Å². The van der Waals surface area contributed by atoms with Crippen LogP contribution < -0.4 is 4.90 Å². The van der Waals surface area contributed by atoms with Gasteiger partial charge in [-0.2, -0.15) is 0 Å². The number of methoxy groups -OCH3 is 1. The van der Waals surface area contributed by atoms with Gasteiger partial charge in [-0.1, -0.05) is 35.5 Å². The van der Waals surface area contributed by atoms with Crippen LogP contribution >= 0.6 is 0 Å². The SMILES string of the molecule is COC(=O)N(C(C)=O)c1ccccc1CO/N=C(\C)c1ccc(F)cc1. The molecule has 2 aromatic carbocycles. The third kappa shape index (κ3) is 4.66. The van der Waals surface area contributed by atoms with Gasteiger partial charge in [0.2, 0.25) is 5.91 Å². The molecule has 136 valence electrons. The van der Waals surface area contributed by atoms with Gasteiger partial charge in [0.05, 0.1) is 18.5 Å². The van der Waals surface area contributed by atoms with E-state index in [4.69, 9.17) is 4.84 Å². The van der Waals surface area contributed by atoms with Crippen LogP contribution in [0.1, 0.15) is 25.0 Å². The predicted molar refractivity (Wildman–Crippen MR) is 95.4 cm³/mol. The van der Waals surface area contributed by atoms with Crippen LogP contribution in [0.5, 0.6) is 0 Å². The molecule has 0 spiro atoms. The zero-order chi connectivity index (χ0) is 19.1. The Morgan fingerprint density at radius 2 is 1.73 bits per heavy atom. The molecule has 0 radical (unpaired) electrons. The first-order valence-electron chi connectivity index (χ1n) is 7.83. The van der Waals surface area contributed by atoms with Crippen LogP contribution in [-0.4, -0.2) is 24.8 Å². The molecule has 26 heavy (non-hydrogen) atoms. The van der Waals surface area contributed by atoms with Gasteiger partial charge in [0.1, 0.15) is 12.4 Å². The summed E-state index contributed by atoms with van der Waals surface area (Å²) in [7, 11) is 1.20. The van der Waals surface area contributed by atoms with Crippen molar-refractivity contribution in [2.75, 3.05) is 12.0 Å². The predicted octanol–water partition coefficient (Wildman–Crippen LogP) is 3.89. The second-order valence-corrected chi connectivity index (χ2v) is 5.41. The summed E-state index contributed by atoms with van der Waals surface area (Å²) in [6, 6.07) is 12.7. The first-order chi connectivity index (χ1) is 12.4. The van der Waals surface area contributed by atoms with Crippen LogP contribution in [0.3, 0.4) is 0 Å². The zero-order valence-electron chi connectivity index (χ0n) is 14.7. The minimum Gasteiger partial charge on any atom is -0.452 e. The zero-order valence-corrected chi connectivity index (χ0v) is 14.7. The van der Waals surface area contributed by atoms with Crippen molar-refractivity contribution >= 4 is 23.4 Å². The van der Waals surface area contributed by atoms with E-state index in [1.807, 2.05) is 0 Å². The molecule has 0 N–H and O–H groups in total. The summed E-state index contributed by atoms with van der Waals surface area (Å²) in [5, 5.41) is 4.00. The number of ether oxygens (including phenoxy) is 1. The Balaban J connectivity index is 2.17. The fourth-order valence-corrected chi connectivity index (χ4v) is 2.28. The normalized spacial score (nSPS) is 11.0. The first kappa shape index (κ1) is 19.1. The Kier molecular flexibility index (Phi) is 6.43. The molecule has 7 heteroatoms. The minimum absolute atomic E-state index is 0.0372. The molecule has 0 bridgehead atoms. The van der Waals surface area contributed by atoms with Crippen molar-refractivity contribution in [2.24, 2.45) is 5.16 Å². The van der Waals surface area contributed by atoms with Gasteiger partial charge in [-0.15, -0.1) is 0 Å². The number of amides is 2. The summed E-state index contributed by atoms with van der Waals surface area (Å²) in [6.45, 7) is 3.04.